The molecule has 0 amide bonds. The van der Waals surface area contributed by atoms with E-state index in [4.69, 9.17) is 9.15 Å². The maximum Gasteiger partial charge on any atom is 0.137 e. The summed E-state index contributed by atoms with van der Waals surface area (Å²) in [7, 11) is 0. The molecule has 0 saturated heterocycles. The van der Waals surface area contributed by atoms with Crippen LogP contribution in [0.2, 0.25) is 0 Å². The zero-order chi connectivity index (χ0) is 30.2. The minimum Gasteiger partial charge on any atom is -0.457 e. The molecule has 8 aromatic rings. The quantitative estimate of drug-likeness (QED) is 0.201. The van der Waals surface area contributed by atoms with Crippen molar-refractivity contribution in [1.82, 2.24) is 0 Å². The Kier molecular flexibility index (Phi) is 5.20. The number of furan rings is 1. The van der Waals surface area contributed by atoms with E-state index in [0.717, 1.165) is 61.6 Å². The second-order valence-corrected chi connectivity index (χ2v) is 12.1. The predicted molar refractivity (Wildman–Crippen MR) is 186 cm³/mol. The average Bonchev–Trinajstić information content (AvgIpc) is 3.49. The van der Waals surface area contributed by atoms with Gasteiger partial charge in [-0.1, -0.05) is 115 Å². The van der Waals surface area contributed by atoms with E-state index in [1.165, 1.54) is 22.3 Å². The molecule has 7 aromatic carbocycles. The molecule has 46 heavy (non-hydrogen) atoms. The first kappa shape index (κ1) is 25.3. The predicted octanol–water partition coefficient (Wildman–Crippen LogP) is 11.5. The molecule has 10 rings (SSSR count). The number of nitrogens with zero attached hydrogens (tertiary/aromatic N) is 1. The van der Waals surface area contributed by atoms with Gasteiger partial charge >= 0.3 is 0 Å². The monoisotopic (exact) mass is 589 g/mol. The smallest absolute Gasteiger partial charge is 0.137 e. The lowest BCUT2D eigenvalue weighted by molar-refractivity contribution is 0.434. The average molecular weight is 590 g/mol. The molecule has 2 aliphatic rings. The number of hydrogen-bond acceptors (Lipinski definition) is 3. The van der Waals surface area contributed by atoms with Crippen molar-refractivity contribution in [1.29, 1.82) is 0 Å². The minimum absolute atomic E-state index is 0.621. The van der Waals surface area contributed by atoms with Crippen LogP contribution in [0.4, 0.5) is 17.1 Å². The largest absolute Gasteiger partial charge is 0.457 e. The molecule has 3 heterocycles. The van der Waals surface area contributed by atoms with Crippen LogP contribution in [0, 0.1) is 0 Å². The highest BCUT2D eigenvalue weighted by atomic mass is 16.5. The number of benzene rings is 7. The Morgan fingerprint density at radius 2 is 1.02 bits per heavy atom. The van der Waals surface area contributed by atoms with Crippen molar-refractivity contribution in [2.75, 3.05) is 4.90 Å². The zero-order valence-corrected chi connectivity index (χ0v) is 24.9. The van der Waals surface area contributed by atoms with Gasteiger partial charge in [0.25, 0.3) is 0 Å². The number of fused-ring (bicyclic) bond motifs is 11. The highest BCUT2D eigenvalue weighted by molar-refractivity contribution is 6.08. The van der Waals surface area contributed by atoms with Crippen LogP contribution in [0.1, 0.15) is 22.3 Å². The molecule has 0 fully saturated rings. The second kappa shape index (κ2) is 9.47. The maximum absolute atomic E-state index is 6.61. The van der Waals surface area contributed by atoms with Crippen molar-refractivity contribution >= 4 is 39.0 Å². The number of ether oxygens (including phenoxy) is 1. The van der Waals surface area contributed by atoms with Gasteiger partial charge in [-0.15, -0.1) is 0 Å². The Balaban J connectivity index is 1.33. The Bertz CT molecular complexity index is 2410. The lowest BCUT2D eigenvalue weighted by atomic mass is 9.61. The van der Waals surface area contributed by atoms with E-state index in [-0.39, 0.29) is 0 Å². The van der Waals surface area contributed by atoms with Crippen LogP contribution < -0.4 is 9.64 Å². The third kappa shape index (κ3) is 3.37. The summed E-state index contributed by atoms with van der Waals surface area (Å²) in [5.74, 6) is 1.75. The van der Waals surface area contributed by atoms with E-state index in [0.29, 0.717) is 0 Å². The molecule has 3 nitrogen and oxygen atoms in total. The number of hydrogen-bond donors (Lipinski definition) is 0. The summed E-state index contributed by atoms with van der Waals surface area (Å²) in [5, 5.41) is 2.22. The molecule has 1 aromatic heterocycles. The summed E-state index contributed by atoms with van der Waals surface area (Å²) in [4.78, 5) is 2.40. The van der Waals surface area contributed by atoms with Crippen molar-refractivity contribution in [2.24, 2.45) is 0 Å². The number of anilines is 3. The zero-order valence-electron chi connectivity index (χ0n) is 24.9. The van der Waals surface area contributed by atoms with E-state index in [1.54, 1.807) is 0 Å². The normalized spacial score (nSPS) is 14.0. The van der Waals surface area contributed by atoms with Crippen molar-refractivity contribution in [3.8, 4) is 22.6 Å². The summed E-state index contributed by atoms with van der Waals surface area (Å²) in [5.41, 5.74) is 11.5. The van der Waals surface area contributed by atoms with Crippen molar-refractivity contribution in [3.63, 3.8) is 0 Å². The summed E-state index contributed by atoms with van der Waals surface area (Å²) in [6.45, 7) is 0. The Morgan fingerprint density at radius 3 is 1.78 bits per heavy atom. The van der Waals surface area contributed by atoms with E-state index >= 15 is 0 Å². The molecule has 2 aliphatic heterocycles. The molecule has 0 atom stereocenters. The van der Waals surface area contributed by atoms with Gasteiger partial charge in [-0.2, -0.15) is 0 Å². The van der Waals surface area contributed by atoms with E-state index in [9.17, 15) is 0 Å². The van der Waals surface area contributed by atoms with Crippen LogP contribution in [0.15, 0.2) is 168 Å². The Labute approximate surface area is 266 Å². The fourth-order valence-electron chi connectivity index (χ4n) is 7.79. The molecule has 216 valence electrons. The summed E-state index contributed by atoms with van der Waals surface area (Å²) in [6, 6.07) is 58.2. The molecule has 0 radical (unpaired) electrons. The van der Waals surface area contributed by atoms with Gasteiger partial charge in [-0.25, -0.2) is 0 Å². The fourth-order valence-corrected chi connectivity index (χ4v) is 7.79. The second-order valence-electron chi connectivity index (χ2n) is 12.1. The van der Waals surface area contributed by atoms with Crippen molar-refractivity contribution in [3.05, 3.63) is 186 Å². The molecule has 0 N–H and O–H groups in total. The Hall–Kier alpha value is -6.06. The molecule has 0 saturated carbocycles. The van der Waals surface area contributed by atoms with Gasteiger partial charge in [0, 0.05) is 33.7 Å². The third-order valence-electron chi connectivity index (χ3n) is 9.72. The van der Waals surface area contributed by atoms with Crippen LogP contribution in [0.5, 0.6) is 11.5 Å². The van der Waals surface area contributed by atoms with Crippen LogP contribution in [-0.2, 0) is 5.41 Å². The SMILES string of the molecule is c1ccc(-c2ccc(N3c4ccccc4C4(c5ccccc5Oc5ccccc54)c4cc5c(cc43)oc3ccccc35)cc2)cc1. The first-order valence-electron chi connectivity index (χ1n) is 15.7. The van der Waals surface area contributed by atoms with Crippen LogP contribution in [0.25, 0.3) is 33.1 Å². The molecule has 0 bridgehead atoms. The number of rotatable bonds is 2. The van der Waals surface area contributed by atoms with Gasteiger partial charge in [0.2, 0.25) is 0 Å². The van der Waals surface area contributed by atoms with Crippen LogP contribution >= 0.6 is 0 Å². The Morgan fingerprint density at radius 1 is 0.413 bits per heavy atom. The molecule has 1 spiro atoms. The molecular weight excluding hydrogens is 562 g/mol. The first-order chi connectivity index (χ1) is 22.8. The molecule has 3 heteroatoms. The van der Waals surface area contributed by atoms with Gasteiger partial charge < -0.3 is 14.1 Å². The minimum atomic E-state index is -0.621. The first-order valence-corrected chi connectivity index (χ1v) is 15.7. The standard InChI is InChI=1S/C43H27NO2/c1-2-12-28(13-3-1)29-22-24-30(25-23-29)44-37-18-8-5-15-33(37)43(34-16-6-10-20-40(34)46-41-21-11-7-17-35(41)43)36-26-32-31-14-4-9-19-39(31)45-42(32)27-38(36)44/h1-27H. The van der Waals surface area contributed by atoms with Crippen LogP contribution in [0.3, 0.4) is 0 Å². The lowest BCUT2D eigenvalue weighted by Gasteiger charge is -2.48. The van der Waals surface area contributed by atoms with E-state index < -0.39 is 5.41 Å². The molecule has 0 unspecified atom stereocenters. The summed E-state index contributed by atoms with van der Waals surface area (Å²) >= 11 is 0. The third-order valence-corrected chi connectivity index (χ3v) is 9.72. The highest BCUT2D eigenvalue weighted by Gasteiger charge is 2.51. The van der Waals surface area contributed by atoms with Crippen LogP contribution in [-0.4, -0.2) is 0 Å². The van der Waals surface area contributed by atoms with E-state index in [2.05, 4.69) is 163 Å². The van der Waals surface area contributed by atoms with Gasteiger partial charge in [0.1, 0.15) is 22.7 Å². The lowest BCUT2D eigenvalue weighted by Crippen LogP contribution is -2.39. The van der Waals surface area contributed by atoms with Crippen molar-refractivity contribution < 1.29 is 9.15 Å². The fraction of sp³-hybridized carbons (Fsp3) is 0.0233. The summed E-state index contributed by atoms with van der Waals surface area (Å²) in [6.07, 6.45) is 0. The summed E-state index contributed by atoms with van der Waals surface area (Å²) < 4.78 is 13.1. The van der Waals surface area contributed by atoms with Gasteiger partial charge in [-0.3, -0.25) is 0 Å². The van der Waals surface area contributed by atoms with Gasteiger partial charge in [-0.05, 0) is 64.7 Å². The van der Waals surface area contributed by atoms with E-state index in [1.807, 2.05) is 6.07 Å². The molecule has 0 aliphatic carbocycles. The number of para-hydroxylation sites is 4. The molecular formula is C43H27NO2. The maximum atomic E-state index is 6.61. The van der Waals surface area contributed by atoms with Crippen molar-refractivity contribution in [2.45, 2.75) is 5.41 Å². The highest BCUT2D eigenvalue weighted by Crippen LogP contribution is 2.63. The van der Waals surface area contributed by atoms with Gasteiger partial charge in [0.15, 0.2) is 0 Å². The van der Waals surface area contributed by atoms with Gasteiger partial charge in [0.05, 0.1) is 16.8 Å². The topological polar surface area (TPSA) is 25.6 Å².